The van der Waals surface area contributed by atoms with Gasteiger partial charge in [-0.05, 0) is 49.8 Å². The Bertz CT molecular complexity index is 787. The van der Waals surface area contributed by atoms with Gasteiger partial charge in [0.05, 0.1) is 12.7 Å². The summed E-state index contributed by atoms with van der Waals surface area (Å²) in [5.74, 6) is -0.631. The lowest BCUT2D eigenvalue weighted by Gasteiger charge is -2.12. The highest BCUT2D eigenvalue weighted by molar-refractivity contribution is 6.31. The van der Waals surface area contributed by atoms with Crippen LogP contribution in [0.4, 0.5) is 4.39 Å². The first-order valence-corrected chi connectivity index (χ1v) is 8.80. The van der Waals surface area contributed by atoms with Gasteiger partial charge in [-0.2, -0.15) is 0 Å². The van der Waals surface area contributed by atoms with E-state index in [4.69, 9.17) is 11.6 Å². The third-order valence-corrected chi connectivity index (χ3v) is 4.59. The van der Waals surface area contributed by atoms with Crippen LogP contribution in [-0.4, -0.2) is 27.4 Å². The molecule has 0 saturated carbocycles. The summed E-state index contributed by atoms with van der Waals surface area (Å²) in [5.41, 5.74) is 2.39. The second-order valence-electron chi connectivity index (χ2n) is 6.15. The first-order valence-electron chi connectivity index (χ1n) is 8.42. The number of aromatic nitrogens is 3. The molecular weight excluding hydrogens is 343 g/mol. The molecule has 1 amide bonds. The van der Waals surface area contributed by atoms with Crippen LogP contribution in [0.2, 0.25) is 5.02 Å². The Morgan fingerprint density at radius 3 is 3.00 bits per heavy atom. The molecule has 0 unspecified atom stereocenters. The van der Waals surface area contributed by atoms with Crippen molar-refractivity contribution in [1.82, 2.24) is 20.3 Å². The lowest BCUT2D eigenvalue weighted by Crippen LogP contribution is -2.25. The van der Waals surface area contributed by atoms with Crippen molar-refractivity contribution in [3.8, 4) is 0 Å². The summed E-state index contributed by atoms with van der Waals surface area (Å²) in [7, 11) is 0. The molecule has 1 aromatic carbocycles. The van der Waals surface area contributed by atoms with Crippen molar-refractivity contribution in [2.75, 3.05) is 6.54 Å². The van der Waals surface area contributed by atoms with Crippen LogP contribution in [0.3, 0.4) is 0 Å². The summed E-state index contributed by atoms with van der Waals surface area (Å²) in [6, 6.07) is 4.18. The van der Waals surface area contributed by atoms with Gasteiger partial charge in [0.1, 0.15) is 5.82 Å². The van der Waals surface area contributed by atoms with Crippen molar-refractivity contribution in [3.05, 3.63) is 58.1 Å². The van der Waals surface area contributed by atoms with Crippen molar-refractivity contribution in [2.45, 2.75) is 38.6 Å². The Hall–Kier alpha value is -2.21. The van der Waals surface area contributed by atoms with E-state index < -0.39 is 0 Å². The van der Waals surface area contributed by atoms with Gasteiger partial charge in [-0.15, -0.1) is 5.10 Å². The fraction of sp³-hybridized carbons (Fsp3) is 0.389. The van der Waals surface area contributed by atoms with Crippen LogP contribution in [0.5, 0.6) is 0 Å². The summed E-state index contributed by atoms with van der Waals surface area (Å²) in [6.45, 7) is 0.924. The van der Waals surface area contributed by atoms with E-state index in [9.17, 15) is 9.18 Å². The number of benzene rings is 1. The Morgan fingerprint density at radius 2 is 2.24 bits per heavy atom. The lowest BCUT2D eigenvalue weighted by atomic mass is 9.97. The molecule has 3 rings (SSSR count). The average molecular weight is 363 g/mol. The number of allylic oxidation sites excluding steroid dienone is 1. The van der Waals surface area contributed by atoms with E-state index in [-0.39, 0.29) is 17.4 Å². The lowest BCUT2D eigenvalue weighted by molar-refractivity contribution is 0.0949. The zero-order valence-corrected chi connectivity index (χ0v) is 14.6. The minimum Gasteiger partial charge on any atom is -0.350 e. The highest BCUT2D eigenvalue weighted by atomic mass is 35.5. The Morgan fingerprint density at radius 1 is 1.36 bits per heavy atom. The van der Waals surface area contributed by atoms with Crippen LogP contribution in [0.15, 0.2) is 36.0 Å². The smallest absolute Gasteiger partial charge is 0.273 e. The summed E-state index contributed by atoms with van der Waals surface area (Å²) >= 11 is 6.00. The van der Waals surface area contributed by atoms with Crippen LogP contribution in [0, 0.1) is 5.82 Å². The maximum atomic E-state index is 13.1. The van der Waals surface area contributed by atoms with Crippen LogP contribution in [-0.2, 0) is 6.54 Å². The number of amides is 1. The summed E-state index contributed by atoms with van der Waals surface area (Å²) in [4.78, 5) is 12.1. The van der Waals surface area contributed by atoms with Gasteiger partial charge >= 0.3 is 0 Å². The zero-order valence-electron chi connectivity index (χ0n) is 13.8. The second-order valence-corrected chi connectivity index (χ2v) is 6.56. The Kier molecular flexibility index (Phi) is 5.81. The van der Waals surface area contributed by atoms with E-state index >= 15 is 0 Å². The second kappa shape index (κ2) is 8.25. The van der Waals surface area contributed by atoms with E-state index in [0.717, 1.165) is 19.3 Å². The molecule has 1 heterocycles. The molecule has 0 saturated heterocycles. The van der Waals surface area contributed by atoms with Gasteiger partial charge in [0.2, 0.25) is 0 Å². The summed E-state index contributed by atoms with van der Waals surface area (Å²) in [5, 5.41) is 11.0. The van der Waals surface area contributed by atoms with Crippen molar-refractivity contribution in [3.63, 3.8) is 0 Å². The molecule has 0 bridgehead atoms. The van der Waals surface area contributed by atoms with Gasteiger partial charge < -0.3 is 5.32 Å². The minimum absolute atomic E-state index is 0.243. The molecular formula is C18H20ClFN4O. The average Bonchev–Trinajstić information content (AvgIpc) is 3.07. The Labute approximate surface area is 150 Å². The van der Waals surface area contributed by atoms with Gasteiger partial charge in [0.25, 0.3) is 5.91 Å². The molecule has 7 heteroatoms. The monoisotopic (exact) mass is 362 g/mol. The van der Waals surface area contributed by atoms with Crippen molar-refractivity contribution < 1.29 is 9.18 Å². The topological polar surface area (TPSA) is 59.8 Å². The fourth-order valence-corrected chi connectivity index (χ4v) is 3.09. The first-order chi connectivity index (χ1) is 12.1. The summed E-state index contributed by atoms with van der Waals surface area (Å²) in [6.07, 6.45) is 9.49. The number of carbonyl (C=O) groups excluding carboxylic acids is 1. The molecule has 1 aliphatic rings. The van der Waals surface area contributed by atoms with Crippen LogP contribution in [0.1, 0.15) is 48.2 Å². The number of nitrogens with one attached hydrogen (secondary N) is 1. The normalized spacial score (nSPS) is 14.2. The largest absolute Gasteiger partial charge is 0.350 e. The maximum absolute atomic E-state index is 13.1. The molecule has 5 nitrogen and oxygen atoms in total. The molecule has 1 N–H and O–H groups in total. The zero-order chi connectivity index (χ0) is 17.6. The van der Waals surface area contributed by atoms with E-state index in [2.05, 4.69) is 21.7 Å². The standard InChI is InChI=1S/C18H20ClFN4O/c19-16-10-15(20)7-6-14(16)11-24-12-17(22-23-24)18(25)21-9-8-13-4-2-1-3-5-13/h4,6-7,10,12H,1-3,5,8-9,11H2,(H,21,25). The van der Waals surface area contributed by atoms with E-state index in [0.29, 0.717) is 23.7 Å². The van der Waals surface area contributed by atoms with Gasteiger partial charge in [0, 0.05) is 11.6 Å². The first kappa shape index (κ1) is 17.6. The SMILES string of the molecule is O=C(NCCC1=CCCCC1)c1cn(Cc2ccc(F)cc2Cl)nn1. The van der Waals surface area contributed by atoms with Crippen LogP contribution < -0.4 is 5.32 Å². The number of hydrogen-bond donors (Lipinski definition) is 1. The molecule has 2 aromatic rings. The number of halogens is 2. The number of hydrogen-bond acceptors (Lipinski definition) is 3. The maximum Gasteiger partial charge on any atom is 0.273 e. The van der Waals surface area contributed by atoms with Gasteiger partial charge in [-0.25, -0.2) is 9.07 Å². The highest BCUT2D eigenvalue weighted by Gasteiger charge is 2.12. The minimum atomic E-state index is -0.388. The molecule has 1 aromatic heterocycles. The fourth-order valence-electron chi connectivity index (χ4n) is 2.86. The molecule has 1 aliphatic carbocycles. The van der Waals surface area contributed by atoms with Gasteiger partial charge in [-0.3, -0.25) is 4.79 Å². The Balaban J connectivity index is 1.53. The molecule has 25 heavy (non-hydrogen) atoms. The predicted octanol–water partition coefficient (Wildman–Crippen LogP) is 3.74. The van der Waals surface area contributed by atoms with Gasteiger partial charge in [-0.1, -0.05) is 34.5 Å². The van der Waals surface area contributed by atoms with Crippen LogP contribution in [0.25, 0.3) is 0 Å². The molecule has 0 fully saturated rings. The molecule has 0 atom stereocenters. The third kappa shape index (κ3) is 4.89. The molecule has 0 spiro atoms. The van der Waals surface area contributed by atoms with Crippen molar-refractivity contribution in [2.24, 2.45) is 0 Å². The number of rotatable bonds is 6. The quantitative estimate of drug-likeness (QED) is 0.796. The van der Waals surface area contributed by atoms with Gasteiger partial charge in [0.15, 0.2) is 5.69 Å². The predicted molar refractivity (Wildman–Crippen MR) is 94.0 cm³/mol. The highest BCUT2D eigenvalue weighted by Crippen LogP contribution is 2.19. The molecule has 0 radical (unpaired) electrons. The summed E-state index contributed by atoms with van der Waals surface area (Å²) < 4.78 is 14.6. The van der Waals surface area contributed by atoms with Crippen molar-refractivity contribution in [1.29, 1.82) is 0 Å². The third-order valence-electron chi connectivity index (χ3n) is 4.24. The molecule has 132 valence electrons. The van der Waals surface area contributed by atoms with E-state index in [1.165, 1.54) is 35.2 Å². The van der Waals surface area contributed by atoms with Crippen LogP contribution >= 0.6 is 11.6 Å². The number of nitrogens with zero attached hydrogens (tertiary/aromatic N) is 3. The van der Waals surface area contributed by atoms with E-state index in [1.54, 1.807) is 12.3 Å². The molecule has 0 aliphatic heterocycles. The van der Waals surface area contributed by atoms with E-state index in [1.807, 2.05) is 0 Å². The van der Waals surface area contributed by atoms with Crippen molar-refractivity contribution >= 4 is 17.5 Å². The number of carbonyl (C=O) groups is 1.